The molecule has 4 nitrogen and oxygen atoms in total. The van der Waals surface area contributed by atoms with Crippen molar-refractivity contribution in [3.05, 3.63) is 0 Å². The fourth-order valence-corrected chi connectivity index (χ4v) is 2.47. The van der Waals surface area contributed by atoms with Crippen LogP contribution in [0.4, 0.5) is 13.2 Å². The summed E-state index contributed by atoms with van der Waals surface area (Å²) in [5.74, 6) is 0.441. The lowest BCUT2D eigenvalue weighted by atomic mass is 10.0. The van der Waals surface area contributed by atoms with Gasteiger partial charge >= 0.3 is 6.18 Å². The van der Waals surface area contributed by atoms with Gasteiger partial charge in [-0.3, -0.25) is 9.89 Å². The first kappa shape index (κ1) is 17.1. The Kier molecular flexibility index (Phi) is 7.12. The highest BCUT2D eigenvalue weighted by atomic mass is 19.4. The van der Waals surface area contributed by atoms with Crippen LogP contribution in [0.5, 0.6) is 0 Å². The van der Waals surface area contributed by atoms with Crippen molar-refractivity contribution in [2.24, 2.45) is 4.99 Å². The number of likely N-dealkylation sites (tertiary alicyclic amines) is 1. The lowest BCUT2D eigenvalue weighted by Crippen LogP contribution is -2.49. The number of guanidine groups is 1. The van der Waals surface area contributed by atoms with E-state index in [4.69, 9.17) is 0 Å². The minimum atomic E-state index is -4.13. The molecule has 0 spiro atoms. The van der Waals surface area contributed by atoms with Gasteiger partial charge in [0.1, 0.15) is 0 Å². The molecule has 0 saturated carbocycles. The van der Waals surface area contributed by atoms with Gasteiger partial charge in [-0.25, -0.2) is 0 Å². The summed E-state index contributed by atoms with van der Waals surface area (Å²) in [4.78, 5) is 6.35. The second-order valence-corrected chi connectivity index (χ2v) is 5.02. The highest BCUT2D eigenvalue weighted by molar-refractivity contribution is 5.79. The molecular weight excluding hydrogens is 269 g/mol. The molecule has 1 aliphatic heterocycles. The van der Waals surface area contributed by atoms with Crippen molar-refractivity contribution in [2.75, 3.05) is 33.2 Å². The maximum absolute atomic E-state index is 12.1. The van der Waals surface area contributed by atoms with E-state index in [9.17, 15) is 13.2 Å². The number of rotatable bonds is 5. The third-order valence-corrected chi connectivity index (χ3v) is 3.58. The number of alkyl halides is 3. The molecule has 0 bridgehead atoms. The molecule has 0 aromatic heterocycles. The van der Waals surface area contributed by atoms with Crippen LogP contribution in [-0.2, 0) is 0 Å². The monoisotopic (exact) mass is 294 g/mol. The van der Waals surface area contributed by atoms with Gasteiger partial charge < -0.3 is 10.6 Å². The van der Waals surface area contributed by atoms with Crippen LogP contribution < -0.4 is 10.6 Å². The quantitative estimate of drug-likeness (QED) is 0.601. The topological polar surface area (TPSA) is 39.7 Å². The molecule has 1 aliphatic rings. The molecule has 118 valence electrons. The Labute approximate surface area is 118 Å². The van der Waals surface area contributed by atoms with E-state index in [1.807, 2.05) is 0 Å². The van der Waals surface area contributed by atoms with Crippen molar-refractivity contribution in [2.45, 2.75) is 44.8 Å². The Bertz CT molecular complexity index is 304. The first-order valence-corrected chi connectivity index (χ1v) is 7.21. The third-order valence-electron chi connectivity index (χ3n) is 3.58. The smallest absolute Gasteiger partial charge is 0.356 e. The Balaban J connectivity index is 2.30. The average molecular weight is 294 g/mol. The molecule has 1 fully saturated rings. The van der Waals surface area contributed by atoms with E-state index in [0.29, 0.717) is 12.0 Å². The normalized spacial score (nSPS) is 21.9. The molecular formula is C13H25F3N4. The van der Waals surface area contributed by atoms with Crippen LogP contribution in [0.2, 0.25) is 0 Å². The standard InChI is InChI=1S/C13H25F3N4/c1-3-20-9-5-4-6-11(20)10-19-12(17-2)18-8-7-13(14,15)16/h11H,3-10H2,1-2H3,(H2,17,18,19). The Hall–Kier alpha value is -0.980. The molecule has 1 rings (SSSR count). The van der Waals surface area contributed by atoms with Gasteiger partial charge in [-0.2, -0.15) is 13.2 Å². The summed E-state index contributed by atoms with van der Waals surface area (Å²) >= 11 is 0. The van der Waals surface area contributed by atoms with Crippen LogP contribution in [0, 0.1) is 0 Å². The minimum absolute atomic E-state index is 0.147. The van der Waals surface area contributed by atoms with E-state index in [0.717, 1.165) is 26.1 Å². The van der Waals surface area contributed by atoms with Gasteiger partial charge in [-0.05, 0) is 25.9 Å². The summed E-state index contributed by atoms with van der Waals surface area (Å²) in [5, 5.41) is 5.82. The van der Waals surface area contributed by atoms with Gasteiger partial charge in [0.15, 0.2) is 5.96 Å². The van der Waals surface area contributed by atoms with Gasteiger partial charge in [-0.15, -0.1) is 0 Å². The Morgan fingerprint density at radius 1 is 1.30 bits per heavy atom. The molecule has 1 heterocycles. The number of halogens is 3. The van der Waals surface area contributed by atoms with Gasteiger partial charge in [0.05, 0.1) is 6.42 Å². The number of piperidine rings is 1. The number of hydrogen-bond acceptors (Lipinski definition) is 2. The van der Waals surface area contributed by atoms with Gasteiger partial charge in [0, 0.05) is 26.2 Å². The van der Waals surface area contributed by atoms with Crippen LogP contribution in [0.3, 0.4) is 0 Å². The summed E-state index contributed by atoms with van der Waals surface area (Å²) < 4.78 is 36.2. The first-order valence-electron chi connectivity index (χ1n) is 7.21. The summed E-state index contributed by atoms with van der Waals surface area (Å²) in [7, 11) is 1.57. The van der Waals surface area contributed by atoms with Crippen molar-refractivity contribution in [3.63, 3.8) is 0 Å². The van der Waals surface area contributed by atoms with E-state index >= 15 is 0 Å². The van der Waals surface area contributed by atoms with Crippen molar-refractivity contribution in [1.82, 2.24) is 15.5 Å². The van der Waals surface area contributed by atoms with Crippen LogP contribution in [0.25, 0.3) is 0 Å². The predicted molar refractivity (Wildman–Crippen MR) is 74.9 cm³/mol. The van der Waals surface area contributed by atoms with Crippen molar-refractivity contribution in [3.8, 4) is 0 Å². The molecule has 0 radical (unpaired) electrons. The molecule has 1 saturated heterocycles. The molecule has 1 atom stereocenters. The molecule has 0 aliphatic carbocycles. The molecule has 7 heteroatoms. The number of likely N-dealkylation sites (N-methyl/N-ethyl adjacent to an activating group) is 1. The van der Waals surface area contributed by atoms with Gasteiger partial charge in [0.2, 0.25) is 0 Å². The number of aliphatic imine (C=N–C) groups is 1. The Morgan fingerprint density at radius 2 is 2.05 bits per heavy atom. The van der Waals surface area contributed by atoms with Crippen LogP contribution >= 0.6 is 0 Å². The SMILES string of the molecule is CCN1CCCCC1CNC(=NC)NCCC(F)(F)F. The zero-order chi connectivity index (χ0) is 15.0. The lowest BCUT2D eigenvalue weighted by Gasteiger charge is -2.35. The van der Waals surface area contributed by atoms with E-state index in [2.05, 4.69) is 27.4 Å². The fourth-order valence-electron chi connectivity index (χ4n) is 2.47. The summed E-state index contributed by atoms with van der Waals surface area (Å²) in [6.45, 7) is 4.81. The van der Waals surface area contributed by atoms with Crippen LogP contribution in [-0.4, -0.2) is 56.3 Å². The molecule has 1 unspecified atom stereocenters. The van der Waals surface area contributed by atoms with E-state index in [1.54, 1.807) is 7.05 Å². The lowest BCUT2D eigenvalue weighted by molar-refractivity contribution is -0.132. The highest BCUT2D eigenvalue weighted by Crippen LogP contribution is 2.18. The van der Waals surface area contributed by atoms with Crippen LogP contribution in [0.15, 0.2) is 4.99 Å². The van der Waals surface area contributed by atoms with E-state index < -0.39 is 12.6 Å². The number of hydrogen-bond donors (Lipinski definition) is 2. The van der Waals surface area contributed by atoms with Gasteiger partial charge in [-0.1, -0.05) is 13.3 Å². The number of nitrogens with one attached hydrogen (secondary N) is 2. The van der Waals surface area contributed by atoms with Crippen molar-refractivity contribution < 1.29 is 13.2 Å². The van der Waals surface area contributed by atoms with Gasteiger partial charge in [0.25, 0.3) is 0 Å². The first-order chi connectivity index (χ1) is 9.46. The molecule has 0 aromatic rings. The molecule has 0 aromatic carbocycles. The van der Waals surface area contributed by atoms with Crippen molar-refractivity contribution in [1.29, 1.82) is 0 Å². The number of nitrogens with zero attached hydrogens (tertiary/aromatic N) is 2. The minimum Gasteiger partial charge on any atom is -0.356 e. The van der Waals surface area contributed by atoms with Crippen LogP contribution in [0.1, 0.15) is 32.6 Å². The van der Waals surface area contributed by atoms with E-state index in [-0.39, 0.29) is 6.54 Å². The second-order valence-electron chi connectivity index (χ2n) is 5.02. The highest BCUT2D eigenvalue weighted by Gasteiger charge is 2.26. The second kappa shape index (κ2) is 8.34. The maximum atomic E-state index is 12.1. The Morgan fingerprint density at radius 3 is 2.65 bits per heavy atom. The summed E-state index contributed by atoms with van der Waals surface area (Å²) in [5.41, 5.74) is 0. The zero-order valence-corrected chi connectivity index (χ0v) is 12.3. The zero-order valence-electron chi connectivity index (χ0n) is 12.3. The maximum Gasteiger partial charge on any atom is 0.390 e. The molecule has 2 N–H and O–H groups in total. The molecule has 20 heavy (non-hydrogen) atoms. The largest absolute Gasteiger partial charge is 0.390 e. The predicted octanol–water partition coefficient (Wildman–Crippen LogP) is 1.98. The average Bonchev–Trinajstić information content (AvgIpc) is 2.41. The summed E-state index contributed by atoms with van der Waals surface area (Å²) in [6, 6.07) is 0.440. The fraction of sp³-hybridized carbons (Fsp3) is 0.923. The molecule has 0 amide bonds. The van der Waals surface area contributed by atoms with E-state index in [1.165, 1.54) is 12.8 Å². The van der Waals surface area contributed by atoms with Crippen molar-refractivity contribution >= 4 is 5.96 Å². The third kappa shape index (κ3) is 6.45. The summed E-state index contributed by atoms with van der Waals surface area (Å²) in [6.07, 6.45) is -1.42.